The first-order chi connectivity index (χ1) is 7.09. The molecule has 2 rings (SSSR count). The van der Waals surface area contributed by atoms with Crippen molar-refractivity contribution in [3.63, 3.8) is 0 Å². The summed E-state index contributed by atoms with van der Waals surface area (Å²) in [6.45, 7) is 2.05. The minimum absolute atomic E-state index is 0.0647. The molecule has 0 atom stereocenters. The molecular formula is C10H9NO4. The molecule has 0 amide bonds. The van der Waals surface area contributed by atoms with Gasteiger partial charge in [-0.15, -0.1) is 0 Å². The highest BCUT2D eigenvalue weighted by molar-refractivity contribution is 6.00. The van der Waals surface area contributed by atoms with Crippen molar-refractivity contribution in [2.24, 2.45) is 0 Å². The van der Waals surface area contributed by atoms with Crippen LogP contribution in [0, 0.1) is 17.0 Å². The van der Waals surface area contributed by atoms with Crippen LogP contribution < -0.4 is 4.74 Å². The predicted molar refractivity (Wildman–Crippen MR) is 52.3 cm³/mol. The average molecular weight is 207 g/mol. The van der Waals surface area contributed by atoms with Gasteiger partial charge in [0.15, 0.2) is 5.78 Å². The number of nitro groups is 1. The fourth-order valence-electron chi connectivity index (χ4n) is 1.64. The van der Waals surface area contributed by atoms with Crippen LogP contribution >= 0.6 is 0 Å². The molecule has 1 aliphatic rings. The Bertz CT molecular complexity index is 453. The Morgan fingerprint density at radius 2 is 2.20 bits per heavy atom. The summed E-state index contributed by atoms with van der Waals surface area (Å²) in [5.41, 5.74) is 0.894. The molecule has 0 aliphatic carbocycles. The first-order valence-corrected chi connectivity index (χ1v) is 4.54. The number of ether oxygens (including phenoxy) is 1. The molecule has 1 heterocycles. The number of hydrogen-bond donors (Lipinski definition) is 0. The Labute approximate surface area is 85.8 Å². The average Bonchev–Trinajstić information content (AvgIpc) is 2.19. The molecule has 0 fully saturated rings. The highest BCUT2D eigenvalue weighted by Crippen LogP contribution is 2.32. The molecule has 15 heavy (non-hydrogen) atoms. The van der Waals surface area contributed by atoms with E-state index < -0.39 is 4.92 Å². The van der Waals surface area contributed by atoms with Crippen molar-refractivity contribution in [2.75, 3.05) is 6.61 Å². The maximum absolute atomic E-state index is 11.5. The number of nitro benzene ring substituents is 1. The molecule has 1 aromatic carbocycles. The van der Waals surface area contributed by atoms with E-state index >= 15 is 0 Å². The number of aryl methyl sites for hydroxylation is 1. The number of benzene rings is 1. The molecule has 5 heteroatoms. The number of Topliss-reactive ketones (excluding diaryl/α,β-unsaturated/α-hetero) is 1. The van der Waals surface area contributed by atoms with E-state index in [1.165, 1.54) is 12.1 Å². The number of carbonyl (C=O) groups excluding carboxylic acids is 1. The van der Waals surface area contributed by atoms with E-state index in [9.17, 15) is 14.9 Å². The van der Waals surface area contributed by atoms with E-state index in [4.69, 9.17) is 4.74 Å². The molecule has 0 N–H and O–H groups in total. The molecule has 78 valence electrons. The molecule has 0 bridgehead atoms. The van der Waals surface area contributed by atoms with Crippen molar-refractivity contribution in [1.82, 2.24) is 0 Å². The molecule has 5 nitrogen and oxygen atoms in total. The van der Waals surface area contributed by atoms with Crippen molar-refractivity contribution >= 4 is 11.5 Å². The van der Waals surface area contributed by atoms with Gasteiger partial charge < -0.3 is 4.74 Å². The van der Waals surface area contributed by atoms with Crippen molar-refractivity contribution in [1.29, 1.82) is 0 Å². The lowest BCUT2D eigenvalue weighted by Gasteiger charge is -2.17. The van der Waals surface area contributed by atoms with E-state index in [2.05, 4.69) is 0 Å². The van der Waals surface area contributed by atoms with Gasteiger partial charge >= 0.3 is 0 Å². The minimum atomic E-state index is -0.505. The van der Waals surface area contributed by atoms with Gasteiger partial charge in [-0.2, -0.15) is 0 Å². The standard InChI is InChI=1S/C10H9NO4/c1-6-4-7(11(13)14)5-8-9(12)2-3-15-10(6)8/h4-5H,2-3H2,1H3. The second-order valence-electron chi connectivity index (χ2n) is 3.42. The zero-order chi connectivity index (χ0) is 11.0. The summed E-state index contributed by atoms with van der Waals surface area (Å²) >= 11 is 0. The maximum atomic E-state index is 11.5. The van der Waals surface area contributed by atoms with Crippen LogP contribution in [0.25, 0.3) is 0 Å². The van der Waals surface area contributed by atoms with Crippen molar-refractivity contribution in [3.05, 3.63) is 33.4 Å². The van der Waals surface area contributed by atoms with Crippen LogP contribution in [0.3, 0.4) is 0 Å². The second kappa shape index (κ2) is 3.34. The van der Waals surface area contributed by atoms with E-state index in [0.717, 1.165) is 0 Å². The lowest BCUT2D eigenvalue weighted by Crippen LogP contribution is -2.16. The Hall–Kier alpha value is -1.91. The van der Waals surface area contributed by atoms with Crippen LogP contribution in [-0.2, 0) is 0 Å². The highest BCUT2D eigenvalue weighted by atomic mass is 16.6. The van der Waals surface area contributed by atoms with E-state index in [0.29, 0.717) is 23.5 Å². The number of nitrogens with zero attached hydrogens (tertiary/aromatic N) is 1. The van der Waals surface area contributed by atoms with E-state index in [1.54, 1.807) is 6.92 Å². The smallest absolute Gasteiger partial charge is 0.270 e. The van der Waals surface area contributed by atoms with Gasteiger partial charge in [-0.25, -0.2) is 0 Å². The summed E-state index contributed by atoms with van der Waals surface area (Å²) in [5.74, 6) is 0.389. The summed E-state index contributed by atoms with van der Waals surface area (Å²) in [6.07, 6.45) is 0.285. The molecule has 0 unspecified atom stereocenters. The van der Waals surface area contributed by atoms with Crippen LogP contribution in [-0.4, -0.2) is 17.3 Å². The largest absolute Gasteiger partial charge is 0.492 e. The Morgan fingerprint density at radius 3 is 2.87 bits per heavy atom. The van der Waals surface area contributed by atoms with Crippen LogP contribution in [0.1, 0.15) is 22.3 Å². The first kappa shape index (κ1) is 9.64. The third kappa shape index (κ3) is 1.56. The van der Waals surface area contributed by atoms with Gasteiger partial charge in [0.2, 0.25) is 0 Å². The summed E-state index contributed by atoms with van der Waals surface area (Å²) < 4.78 is 5.32. The summed E-state index contributed by atoms with van der Waals surface area (Å²) in [7, 11) is 0. The number of ketones is 1. The minimum Gasteiger partial charge on any atom is -0.492 e. The molecule has 1 aliphatic heterocycles. The number of hydrogen-bond acceptors (Lipinski definition) is 4. The lowest BCUT2D eigenvalue weighted by molar-refractivity contribution is -0.385. The molecule has 0 saturated carbocycles. The van der Waals surface area contributed by atoms with E-state index in [1.807, 2.05) is 0 Å². The van der Waals surface area contributed by atoms with Crippen LogP contribution in [0.5, 0.6) is 5.75 Å². The van der Waals surface area contributed by atoms with Gasteiger partial charge in [-0.3, -0.25) is 14.9 Å². The molecule has 0 saturated heterocycles. The Kier molecular flexibility index (Phi) is 2.15. The van der Waals surface area contributed by atoms with Gasteiger partial charge in [-0.1, -0.05) is 0 Å². The SMILES string of the molecule is Cc1cc([N+](=O)[O-])cc2c1OCCC2=O. The predicted octanol–water partition coefficient (Wildman–Crippen LogP) is 1.87. The zero-order valence-electron chi connectivity index (χ0n) is 8.15. The fourth-order valence-corrected chi connectivity index (χ4v) is 1.64. The fraction of sp³-hybridized carbons (Fsp3) is 0.300. The summed E-state index contributed by atoms with van der Waals surface area (Å²) in [6, 6.07) is 2.70. The topological polar surface area (TPSA) is 69.4 Å². The van der Waals surface area contributed by atoms with Crippen LogP contribution in [0.2, 0.25) is 0 Å². The second-order valence-corrected chi connectivity index (χ2v) is 3.42. The molecular weight excluding hydrogens is 198 g/mol. The van der Waals surface area contributed by atoms with Crippen molar-refractivity contribution in [2.45, 2.75) is 13.3 Å². The number of non-ortho nitro benzene ring substituents is 1. The molecule has 0 aromatic heterocycles. The van der Waals surface area contributed by atoms with Gasteiger partial charge in [0, 0.05) is 18.6 Å². The number of rotatable bonds is 1. The van der Waals surface area contributed by atoms with Crippen LogP contribution in [0.4, 0.5) is 5.69 Å². The van der Waals surface area contributed by atoms with Crippen molar-refractivity contribution < 1.29 is 14.5 Å². The highest BCUT2D eigenvalue weighted by Gasteiger charge is 2.23. The normalized spacial score (nSPS) is 14.3. The van der Waals surface area contributed by atoms with Gasteiger partial charge in [0.25, 0.3) is 5.69 Å². The third-order valence-corrected chi connectivity index (χ3v) is 2.35. The Balaban J connectivity index is 2.61. The summed E-state index contributed by atoms with van der Waals surface area (Å²) in [5, 5.41) is 10.6. The quantitative estimate of drug-likeness (QED) is 0.520. The van der Waals surface area contributed by atoms with E-state index in [-0.39, 0.29) is 17.9 Å². The Morgan fingerprint density at radius 1 is 1.47 bits per heavy atom. The van der Waals surface area contributed by atoms with Crippen LogP contribution in [0.15, 0.2) is 12.1 Å². The lowest BCUT2D eigenvalue weighted by atomic mass is 10.0. The number of fused-ring (bicyclic) bond motifs is 1. The first-order valence-electron chi connectivity index (χ1n) is 4.54. The van der Waals surface area contributed by atoms with Gasteiger partial charge in [0.05, 0.1) is 17.1 Å². The molecule has 0 spiro atoms. The maximum Gasteiger partial charge on any atom is 0.270 e. The molecule has 1 aromatic rings. The van der Waals surface area contributed by atoms with Gasteiger partial charge in [-0.05, 0) is 12.5 Å². The monoisotopic (exact) mass is 207 g/mol. The van der Waals surface area contributed by atoms with Gasteiger partial charge in [0.1, 0.15) is 5.75 Å². The molecule has 0 radical (unpaired) electrons. The van der Waals surface area contributed by atoms with Crippen molar-refractivity contribution in [3.8, 4) is 5.75 Å². The number of carbonyl (C=O) groups is 1. The third-order valence-electron chi connectivity index (χ3n) is 2.35. The summed E-state index contributed by atoms with van der Waals surface area (Å²) in [4.78, 5) is 21.6. The zero-order valence-corrected chi connectivity index (χ0v) is 8.15.